The van der Waals surface area contributed by atoms with Crippen molar-refractivity contribution in [1.29, 1.82) is 0 Å². The average Bonchev–Trinajstić information content (AvgIpc) is 3.44. The second-order valence-corrected chi connectivity index (χ2v) is 7.60. The summed E-state index contributed by atoms with van der Waals surface area (Å²) in [6.45, 7) is 4.74. The van der Waals surface area contributed by atoms with Gasteiger partial charge in [0.25, 0.3) is 5.91 Å². The summed E-state index contributed by atoms with van der Waals surface area (Å²) in [4.78, 5) is 28.1. The van der Waals surface area contributed by atoms with Crippen molar-refractivity contribution in [1.82, 2.24) is 24.4 Å². The summed E-state index contributed by atoms with van der Waals surface area (Å²) in [6, 6.07) is 15.8. The van der Waals surface area contributed by atoms with Gasteiger partial charge in [-0.3, -0.25) is 4.79 Å². The standard InChI is InChI=1S/C23H23N5O/c1-15-14-17(16(2)28(15)21-11-5-6-12-24-21)23(29)27-13-7-10-20(27)22-25-18-8-3-4-9-19(18)26-22/h3-6,8-9,11-12,14,20H,7,10,13H2,1-2H3,(H,25,26). The molecular weight excluding hydrogens is 362 g/mol. The monoisotopic (exact) mass is 385 g/mol. The molecule has 1 unspecified atom stereocenters. The van der Waals surface area contributed by atoms with Gasteiger partial charge in [-0.05, 0) is 57.0 Å². The zero-order valence-corrected chi connectivity index (χ0v) is 16.6. The lowest BCUT2D eigenvalue weighted by atomic mass is 10.1. The van der Waals surface area contributed by atoms with Gasteiger partial charge in [-0.1, -0.05) is 18.2 Å². The number of aryl methyl sites for hydroxylation is 1. The van der Waals surface area contributed by atoms with Crippen molar-refractivity contribution in [2.45, 2.75) is 32.7 Å². The maximum Gasteiger partial charge on any atom is 0.256 e. The van der Waals surface area contributed by atoms with E-state index in [0.717, 1.165) is 59.0 Å². The van der Waals surface area contributed by atoms with E-state index in [0.29, 0.717) is 0 Å². The average molecular weight is 385 g/mol. The van der Waals surface area contributed by atoms with Gasteiger partial charge < -0.3 is 14.5 Å². The Kier molecular flexibility index (Phi) is 4.19. The smallest absolute Gasteiger partial charge is 0.256 e. The van der Waals surface area contributed by atoms with Crippen LogP contribution in [0.2, 0.25) is 0 Å². The van der Waals surface area contributed by atoms with Crippen LogP contribution in [0.15, 0.2) is 54.7 Å². The van der Waals surface area contributed by atoms with Crippen molar-refractivity contribution in [2.24, 2.45) is 0 Å². The van der Waals surface area contributed by atoms with E-state index in [1.807, 2.05) is 71.8 Å². The fourth-order valence-electron chi connectivity index (χ4n) is 4.40. The van der Waals surface area contributed by atoms with Gasteiger partial charge in [0.15, 0.2) is 0 Å². The maximum absolute atomic E-state index is 13.5. The number of carbonyl (C=O) groups is 1. The summed E-state index contributed by atoms with van der Waals surface area (Å²) in [5, 5.41) is 0. The van der Waals surface area contributed by atoms with Crippen LogP contribution >= 0.6 is 0 Å². The molecule has 6 heteroatoms. The summed E-state index contributed by atoms with van der Waals surface area (Å²) in [5.41, 5.74) is 4.60. The molecule has 0 spiro atoms. The van der Waals surface area contributed by atoms with E-state index in [4.69, 9.17) is 4.98 Å². The molecule has 1 atom stereocenters. The van der Waals surface area contributed by atoms with Crippen molar-refractivity contribution >= 4 is 16.9 Å². The maximum atomic E-state index is 13.5. The Hall–Kier alpha value is -3.41. The lowest BCUT2D eigenvalue weighted by Gasteiger charge is -2.23. The van der Waals surface area contributed by atoms with Gasteiger partial charge in [0, 0.05) is 24.1 Å². The van der Waals surface area contributed by atoms with Crippen LogP contribution in [-0.4, -0.2) is 36.9 Å². The van der Waals surface area contributed by atoms with Gasteiger partial charge in [-0.25, -0.2) is 9.97 Å². The number of aromatic amines is 1. The fourth-order valence-corrected chi connectivity index (χ4v) is 4.40. The number of likely N-dealkylation sites (tertiary alicyclic amines) is 1. The molecule has 1 aliphatic heterocycles. The topological polar surface area (TPSA) is 66.8 Å². The molecular formula is C23H23N5O. The molecule has 1 aromatic carbocycles. The van der Waals surface area contributed by atoms with E-state index < -0.39 is 0 Å². The number of H-pyrrole nitrogens is 1. The van der Waals surface area contributed by atoms with Crippen LogP contribution in [0, 0.1) is 13.8 Å². The summed E-state index contributed by atoms with van der Waals surface area (Å²) >= 11 is 0. The minimum atomic E-state index is -0.0205. The molecule has 0 radical (unpaired) electrons. The second-order valence-electron chi connectivity index (χ2n) is 7.60. The van der Waals surface area contributed by atoms with E-state index in [9.17, 15) is 4.79 Å². The highest BCUT2D eigenvalue weighted by atomic mass is 16.2. The number of carbonyl (C=O) groups excluding carboxylic acids is 1. The molecule has 1 saturated heterocycles. The number of imidazole rings is 1. The van der Waals surface area contributed by atoms with Gasteiger partial charge in [0.05, 0.1) is 22.6 Å². The number of hydrogen-bond acceptors (Lipinski definition) is 3. The normalized spacial score (nSPS) is 16.6. The minimum absolute atomic E-state index is 0.0205. The SMILES string of the molecule is Cc1cc(C(=O)N2CCCC2c2nc3ccccc3[nH]2)c(C)n1-c1ccccn1. The third kappa shape index (κ3) is 2.92. The van der Waals surface area contributed by atoms with Crippen LogP contribution in [0.5, 0.6) is 0 Å². The minimum Gasteiger partial charge on any atom is -0.340 e. The molecule has 146 valence electrons. The predicted molar refractivity (Wildman–Crippen MR) is 112 cm³/mol. The molecule has 3 aromatic heterocycles. The second kappa shape index (κ2) is 6.88. The zero-order valence-electron chi connectivity index (χ0n) is 16.6. The van der Waals surface area contributed by atoms with Crippen LogP contribution in [0.4, 0.5) is 0 Å². The van der Waals surface area contributed by atoms with Crippen molar-refractivity contribution in [3.05, 3.63) is 77.5 Å². The van der Waals surface area contributed by atoms with E-state index in [2.05, 4.69) is 9.97 Å². The number of amides is 1. The number of pyridine rings is 1. The fraction of sp³-hybridized carbons (Fsp3) is 0.261. The Morgan fingerprint density at radius 2 is 1.97 bits per heavy atom. The first-order chi connectivity index (χ1) is 14.1. The first kappa shape index (κ1) is 17.7. The number of aromatic nitrogens is 4. The van der Waals surface area contributed by atoms with Crippen LogP contribution in [0.25, 0.3) is 16.9 Å². The highest BCUT2D eigenvalue weighted by Crippen LogP contribution is 2.33. The third-order valence-corrected chi connectivity index (χ3v) is 5.78. The Balaban J connectivity index is 1.50. The number of hydrogen-bond donors (Lipinski definition) is 1. The van der Waals surface area contributed by atoms with Crippen molar-refractivity contribution < 1.29 is 4.79 Å². The molecule has 4 aromatic rings. The number of nitrogens with one attached hydrogen (secondary N) is 1. The molecule has 29 heavy (non-hydrogen) atoms. The molecule has 1 aliphatic rings. The first-order valence-corrected chi connectivity index (χ1v) is 9.99. The summed E-state index contributed by atoms with van der Waals surface area (Å²) in [5.74, 6) is 1.76. The van der Waals surface area contributed by atoms with Crippen molar-refractivity contribution in [3.8, 4) is 5.82 Å². The number of nitrogens with zero attached hydrogens (tertiary/aromatic N) is 4. The van der Waals surface area contributed by atoms with Gasteiger partial charge in [0.2, 0.25) is 0 Å². The molecule has 0 bridgehead atoms. The molecule has 1 fully saturated rings. The number of rotatable bonds is 3. The van der Waals surface area contributed by atoms with E-state index >= 15 is 0 Å². The molecule has 5 rings (SSSR count). The Labute approximate surface area is 169 Å². The van der Waals surface area contributed by atoms with Crippen LogP contribution in [0.3, 0.4) is 0 Å². The van der Waals surface area contributed by atoms with Gasteiger partial charge in [-0.15, -0.1) is 0 Å². The molecule has 1 amide bonds. The highest BCUT2D eigenvalue weighted by Gasteiger charge is 2.34. The molecule has 6 nitrogen and oxygen atoms in total. The predicted octanol–water partition coefficient (Wildman–Crippen LogP) is 4.34. The molecule has 1 N–H and O–H groups in total. The van der Waals surface area contributed by atoms with Gasteiger partial charge in [0.1, 0.15) is 11.6 Å². The summed E-state index contributed by atoms with van der Waals surface area (Å²) in [7, 11) is 0. The van der Waals surface area contributed by atoms with Gasteiger partial charge in [-0.2, -0.15) is 0 Å². The summed E-state index contributed by atoms with van der Waals surface area (Å²) < 4.78 is 2.04. The van der Waals surface area contributed by atoms with Crippen LogP contribution in [0.1, 0.15) is 46.5 Å². The van der Waals surface area contributed by atoms with E-state index in [1.165, 1.54) is 0 Å². The lowest BCUT2D eigenvalue weighted by Crippen LogP contribution is -2.31. The first-order valence-electron chi connectivity index (χ1n) is 9.99. The molecule has 0 saturated carbocycles. The summed E-state index contributed by atoms with van der Waals surface area (Å²) in [6.07, 6.45) is 3.67. The third-order valence-electron chi connectivity index (χ3n) is 5.78. The number of benzene rings is 1. The van der Waals surface area contributed by atoms with E-state index in [1.54, 1.807) is 6.20 Å². The Morgan fingerprint density at radius 1 is 1.14 bits per heavy atom. The van der Waals surface area contributed by atoms with Crippen molar-refractivity contribution in [2.75, 3.05) is 6.54 Å². The largest absolute Gasteiger partial charge is 0.340 e. The highest BCUT2D eigenvalue weighted by molar-refractivity contribution is 5.96. The zero-order chi connectivity index (χ0) is 20.0. The van der Waals surface area contributed by atoms with E-state index in [-0.39, 0.29) is 11.9 Å². The van der Waals surface area contributed by atoms with Crippen LogP contribution < -0.4 is 0 Å². The number of para-hydroxylation sites is 2. The van der Waals surface area contributed by atoms with Crippen LogP contribution in [-0.2, 0) is 0 Å². The lowest BCUT2D eigenvalue weighted by molar-refractivity contribution is 0.0730. The Morgan fingerprint density at radius 3 is 2.76 bits per heavy atom. The number of fused-ring (bicyclic) bond motifs is 1. The molecule has 4 heterocycles. The molecule has 0 aliphatic carbocycles. The van der Waals surface area contributed by atoms with Crippen molar-refractivity contribution in [3.63, 3.8) is 0 Å². The quantitative estimate of drug-likeness (QED) is 0.570. The Bertz CT molecular complexity index is 1160. The van der Waals surface area contributed by atoms with Gasteiger partial charge >= 0.3 is 0 Å².